The lowest BCUT2D eigenvalue weighted by Gasteiger charge is -2.20. The van der Waals surface area contributed by atoms with Crippen molar-refractivity contribution >= 4 is 21.6 Å². The van der Waals surface area contributed by atoms with Gasteiger partial charge in [0.1, 0.15) is 10.7 Å². The molecule has 0 fully saturated rings. The molecule has 1 aliphatic rings. The lowest BCUT2D eigenvalue weighted by molar-refractivity contribution is 0.0962. The Labute approximate surface area is 133 Å². The maximum absolute atomic E-state index is 13.9. The minimum atomic E-state index is -4.01. The normalized spacial score (nSPS) is 13.7. The Morgan fingerprint density at radius 2 is 1.91 bits per heavy atom. The molecule has 5 nitrogen and oxygen atoms in total. The molecule has 0 bridgehead atoms. The molecule has 2 aromatic rings. The summed E-state index contributed by atoms with van der Waals surface area (Å²) in [6.07, 6.45) is 0.409. The van der Waals surface area contributed by atoms with Crippen LogP contribution in [0.25, 0.3) is 0 Å². The zero-order valence-corrected chi connectivity index (χ0v) is 13.2. The van der Waals surface area contributed by atoms with Gasteiger partial charge >= 0.3 is 0 Å². The van der Waals surface area contributed by atoms with Crippen molar-refractivity contribution < 1.29 is 17.6 Å². The largest absolute Gasteiger partial charge is 0.355 e. The molecule has 2 aromatic carbocycles. The van der Waals surface area contributed by atoms with E-state index in [0.29, 0.717) is 23.2 Å². The van der Waals surface area contributed by atoms with E-state index in [-0.39, 0.29) is 17.3 Å². The Hall–Kier alpha value is -2.41. The molecule has 0 saturated carbocycles. The number of nitrogens with zero attached hydrogens (tertiary/aromatic N) is 1. The fourth-order valence-electron chi connectivity index (χ4n) is 2.77. The van der Waals surface area contributed by atoms with Crippen molar-refractivity contribution in [1.82, 2.24) is 5.32 Å². The summed E-state index contributed by atoms with van der Waals surface area (Å²) in [5, 5.41) is 2.54. The summed E-state index contributed by atoms with van der Waals surface area (Å²) in [6, 6.07) is 10.2. The lowest BCUT2D eigenvalue weighted by atomic mass is 10.0. The van der Waals surface area contributed by atoms with E-state index in [1.54, 1.807) is 18.2 Å². The average molecular weight is 334 g/mol. The molecule has 1 amide bonds. The summed E-state index contributed by atoms with van der Waals surface area (Å²) in [7, 11) is -2.49. The van der Waals surface area contributed by atoms with Gasteiger partial charge in [0.05, 0.1) is 5.69 Å². The van der Waals surface area contributed by atoms with Crippen LogP contribution in [0.15, 0.2) is 47.4 Å². The highest BCUT2D eigenvalue weighted by Gasteiger charge is 2.34. The molecule has 120 valence electrons. The van der Waals surface area contributed by atoms with Crippen LogP contribution in [0, 0.1) is 5.82 Å². The van der Waals surface area contributed by atoms with Crippen molar-refractivity contribution in [3.05, 3.63) is 59.4 Å². The molecular formula is C16H15FN2O3S. The monoisotopic (exact) mass is 334 g/mol. The van der Waals surface area contributed by atoms with Crippen molar-refractivity contribution in [3.63, 3.8) is 0 Å². The molecule has 0 spiro atoms. The van der Waals surface area contributed by atoms with Crippen LogP contribution in [-0.2, 0) is 16.4 Å². The Bertz CT molecular complexity index is 881. The summed E-state index contributed by atoms with van der Waals surface area (Å²) >= 11 is 0. The highest BCUT2D eigenvalue weighted by molar-refractivity contribution is 7.92. The number of benzene rings is 2. The first-order valence-electron chi connectivity index (χ1n) is 7.08. The Kier molecular flexibility index (Phi) is 3.81. The van der Waals surface area contributed by atoms with Crippen molar-refractivity contribution in [2.45, 2.75) is 11.3 Å². The lowest BCUT2D eigenvalue weighted by Crippen LogP contribution is -2.29. The highest BCUT2D eigenvalue weighted by atomic mass is 32.2. The number of amides is 1. The van der Waals surface area contributed by atoms with Gasteiger partial charge in [0.25, 0.3) is 15.9 Å². The fourth-order valence-corrected chi connectivity index (χ4v) is 4.34. The summed E-state index contributed by atoms with van der Waals surface area (Å²) in [5.41, 5.74) is 1.53. The van der Waals surface area contributed by atoms with E-state index in [1.165, 1.54) is 25.2 Å². The third-order valence-corrected chi connectivity index (χ3v) is 5.71. The average Bonchev–Trinajstić information content (AvgIpc) is 2.99. The van der Waals surface area contributed by atoms with Crippen molar-refractivity contribution in [2.75, 3.05) is 17.9 Å². The number of fused-ring (bicyclic) bond motifs is 1. The molecule has 0 aliphatic carbocycles. The van der Waals surface area contributed by atoms with Gasteiger partial charge < -0.3 is 5.32 Å². The van der Waals surface area contributed by atoms with E-state index in [2.05, 4.69) is 5.32 Å². The van der Waals surface area contributed by atoms with Gasteiger partial charge in [0.2, 0.25) is 0 Å². The Morgan fingerprint density at radius 3 is 2.61 bits per heavy atom. The summed E-state index contributed by atoms with van der Waals surface area (Å²) in [4.78, 5) is 11.6. The van der Waals surface area contributed by atoms with Gasteiger partial charge in [-0.05, 0) is 36.2 Å². The number of carbonyl (C=O) groups is 1. The predicted molar refractivity (Wildman–Crippen MR) is 84.5 cm³/mol. The fraction of sp³-hybridized carbons (Fsp3) is 0.188. The van der Waals surface area contributed by atoms with Crippen LogP contribution >= 0.6 is 0 Å². The number of anilines is 1. The van der Waals surface area contributed by atoms with E-state index in [1.807, 2.05) is 0 Å². The van der Waals surface area contributed by atoms with Crippen LogP contribution in [0.5, 0.6) is 0 Å². The Morgan fingerprint density at radius 1 is 1.17 bits per heavy atom. The van der Waals surface area contributed by atoms with E-state index in [9.17, 15) is 17.6 Å². The first-order valence-corrected chi connectivity index (χ1v) is 8.52. The second kappa shape index (κ2) is 5.66. The smallest absolute Gasteiger partial charge is 0.267 e. The van der Waals surface area contributed by atoms with Crippen molar-refractivity contribution in [2.24, 2.45) is 0 Å². The molecule has 0 unspecified atom stereocenters. The first-order chi connectivity index (χ1) is 11.0. The third-order valence-electron chi connectivity index (χ3n) is 3.86. The maximum Gasteiger partial charge on any atom is 0.267 e. The highest BCUT2D eigenvalue weighted by Crippen LogP contribution is 2.35. The second-order valence-electron chi connectivity index (χ2n) is 5.14. The SMILES string of the molecule is CNC(=O)c1cccc2c1CCN2S(=O)(=O)c1ccccc1F. The quantitative estimate of drug-likeness (QED) is 0.933. The van der Waals surface area contributed by atoms with Crippen LogP contribution in [0.4, 0.5) is 10.1 Å². The van der Waals surface area contributed by atoms with Crippen LogP contribution in [0.1, 0.15) is 15.9 Å². The van der Waals surface area contributed by atoms with Gasteiger partial charge in [-0.15, -0.1) is 0 Å². The molecule has 7 heteroatoms. The molecule has 23 heavy (non-hydrogen) atoms. The number of hydrogen-bond acceptors (Lipinski definition) is 3. The minimum absolute atomic E-state index is 0.181. The number of carbonyl (C=O) groups excluding carboxylic acids is 1. The zero-order chi connectivity index (χ0) is 16.6. The van der Waals surface area contributed by atoms with Crippen LogP contribution in [0.2, 0.25) is 0 Å². The number of halogens is 1. The number of nitrogens with one attached hydrogen (secondary N) is 1. The summed E-state index contributed by atoms with van der Waals surface area (Å²) in [6.45, 7) is 0.181. The minimum Gasteiger partial charge on any atom is -0.355 e. The van der Waals surface area contributed by atoms with Crippen LogP contribution in [-0.4, -0.2) is 27.9 Å². The molecule has 1 aliphatic heterocycles. The van der Waals surface area contributed by atoms with E-state index >= 15 is 0 Å². The summed E-state index contributed by atoms with van der Waals surface area (Å²) in [5.74, 6) is -1.06. The standard InChI is InChI=1S/C16H15FN2O3S/c1-18-16(20)12-5-4-7-14-11(12)9-10-19(14)23(21,22)15-8-3-2-6-13(15)17/h2-8H,9-10H2,1H3,(H,18,20). The summed E-state index contributed by atoms with van der Waals surface area (Å²) < 4.78 is 40.6. The number of rotatable bonds is 3. The number of sulfonamides is 1. The first kappa shape index (κ1) is 15.5. The maximum atomic E-state index is 13.9. The van der Waals surface area contributed by atoms with Gasteiger partial charge in [-0.3, -0.25) is 9.10 Å². The zero-order valence-electron chi connectivity index (χ0n) is 12.4. The molecule has 0 aromatic heterocycles. The van der Waals surface area contributed by atoms with Gasteiger partial charge in [-0.2, -0.15) is 0 Å². The topological polar surface area (TPSA) is 66.5 Å². The molecule has 3 rings (SSSR count). The molecule has 0 atom stereocenters. The molecule has 1 N–H and O–H groups in total. The predicted octanol–water partition coefficient (Wildman–Crippen LogP) is 1.94. The Balaban J connectivity index is 2.10. The molecule has 0 radical (unpaired) electrons. The molecular weight excluding hydrogens is 319 g/mol. The third kappa shape index (κ3) is 2.46. The van der Waals surface area contributed by atoms with Gasteiger partial charge in [-0.25, -0.2) is 12.8 Å². The molecule has 1 heterocycles. The van der Waals surface area contributed by atoms with Crippen molar-refractivity contribution in [1.29, 1.82) is 0 Å². The second-order valence-corrected chi connectivity index (χ2v) is 6.97. The molecule has 0 saturated heterocycles. The van der Waals surface area contributed by atoms with Gasteiger partial charge in [-0.1, -0.05) is 18.2 Å². The van der Waals surface area contributed by atoms with E-state index in [4.69, 9.17) is 0 Å². The van der Waals surface area contributed by atoms with Crippen LogP contribution < -0.4 is 9.62 Å². The van der Waals surface area contributed by atoms with Crippen molar-refractivity contribution in [3.8, 4) is 0 Å². The van der Waals surface area contributed by atoms with Gasteiger partial charge in [0, 0.05) is 19.2 Å². The van der Waals surface area contributed by atoms with Gasteiger partial charge in [0.15, 0.2) is 0 Å². The number of hydrogen-bond donors (Lipinski definition) is 1. The van der Waals surface area contributed by atoms with E-state index < -0.39 is 15.8 Å². The van der Waals surface area contributed by atoms with Crippen LogP contribution in [0.3, 0.4) is 0 Å². The van der Waals surface area contributed by atoms with E-state index in [0.717, 1.165) is 10.4 Å².